The number of para-hydroxylation sites is 2. The Labute approximate surface area is 176 Å². The number of hydrogen-bond acceptors (Lipinski definition) is 2. The van der Waals surface area contributed by atoms with Crippen LogP contribution < -0.4 is 0 Å². The van der Waals surface area contributed by atoms with Gasteiger partial charge in [-0.1, -0.05) is 72.8 Å². The van der Waals surface area contributed by atoms with Crippen molar-refractivity contribution in [3.8, 4) is 0 Å². The van der Waals surface area contributed by atoms with Gasteiger partial charge in [0.1, 0.15) is 5.82 Å². The Morgan fingerprint density at radius 3 is 2.27 bits per heavy atom. The fraction of sp³-hybridized carbons (Fsp3) is 0.231. The first-order valence-electron chi connectivity index (χ1n) is 10.6. The lowest BCUT2D eigenvalue weighted by Crippen LogP contribution is -2.24. The zero-order chi connectivity index (χ0) is 20.3. The number of fused-ring (bicyclic) bond motifs is 1. The minimum absolute atomic E-state index is 0.129. The molecule has 1 aromatic heterocycles. The molecule has 5 rings (SSSR count). The van der Waals surface area contributed by atoms with E-state index in [1.165, 1.54) is 11.1 Å². The Balaban J connectivity index is 1.41. The smallest absolute Gasteiger partial charge is 0.223 e. The van der Waals surface area contributed by atoms with E-state index in [4.69, 9.17) is 4.98 Å². The summed E-state index contributed by atoms with van der Waals surface area (Å²) in [6.07, 6.45) is 1.48. The van der Waals surface area contributed by atoms with Gasteiger partial charge in [-0.3, -0.25) is 4.79 Å². The number of imidazole rings is 1. The highest BCUT2D eigenvalue weighted by atomic mass is 16.2. The average Bonchev–Trinajstić information content (AvgIpc) is 3.34. The molecule has 0 saturated carbocycles. The van der Waals surface area contributed by atoms with Gasteiger partial charge >= 0.3 is 0 Å². The van der Waals surface area contributed by atoms with Gasteiger partial charge in [-0.15, -0.1) is 0 Å². The lowest BCUT2D eigenvalue weighted by molar-refractivity contribution is -0.128. The normalized spacial score (nSPS) is 16.5. The molecule has 1 aliphatic rings. The van der Waals surface area contributed by atoms with Gasteiger partial charge in [0.25, 0.3) is 0 Å². The van der Waals surface area contributed by atoms with Crippen LogP contribution >= 0.6 is 0 Å². The average molecular weight is 396 g/mol. The van der Waals surface area contributed by atoms with Crippen LogP contribution in [-0.2, 0) is 24.3 Å². The van der Waals surface area contributed by atoms with Crippen LogP contribution in [0.1, 0.15) is 29.3 Å². The summed E-state index contributed by atoms with van der Waals surface area (Å²) in [6.45, 7) is 2.26. The van der Waals surface area contributed by atoms with Crippen LogP contribution in [0.4, 0.5) is 0 Å². The van der Waals surface area contributed by atoms with E-state index in [0.717, 1.165) is 36.4 Å². The van der Waals surface area contributed by atoms with E-state index in [1.807, 2.05) is 35.2 Å². The fourth-order valence-electron chi connectivity index (χ4n) is 4.43. The third kappa shape index (κ3) is 3.73. The van der Waals surface area contributed by atoms with E-state index >= 15 is 0 Å². The van der Waals surface area contributed by atoms with Crippen molar-refractivity contribution in [2.45, 2.75) is 31.8 Å². The Morgan fingerprint density at radius 2 is 1.50 bits per heavy atom. The number of amides is 1. The Morgan fingerprint density at radius 1 is 0.833 bits per heavy atom. The van der Waals surface area contributed by atoms with Gasteiger partial charge in [-0.2, -0.15) is 0 Å². The van der Waals surface area contributed by atoms with Gasteiger partial charge in [0.2, 0.25) is 5.91 Å². The van der Waals surface area contributed by atoms with Gasteiger partial charge in [0.05, 0.1) is 11.0 Å². The quantitative estimate of drug-likeness (QED) is 0.471. The number of likely N-dealkylation sites (tertiary alicyclic amines) is 1. The SMILES string of the molecule is O=C1C[C@@H](c2nc3ccccc3n2CCc2ccccc2)CN1Cc1ccccc1. The predicted octanol–water partition coefficient (Wildman–Crippen LogP) is 4.80. The zero-order valence-electron chi connectivity index (χ0n) is 16.9. The molecular weight excluding hydrogens is 370 g/mol. The maximum atomic E-state index is 12.8. The number of nitrogens with zero attached hydrogens (tertiary/aromatic N) is 3. The van der Waals surface area contributed by atoms with Crippen molar-refractivity contribution in [1.29, 1.82) is 0 Å². The van der Waals surface area contributed by atoms with Crippen molar-refractivity contribution in [3.63, 3.8) is 0 Å². The molecule has 0 spiro atoms. The topological polar surface area (TPSA) is 38.1 Å². The number of carbonyl (C=O) groups excluding carboxylic acids is 1. The minimum atomic E-state index is 0.129. The monoisotopic (exact) mass is 395 g/mol. The third-order valence-corrected chi connectivity index (χ3v) is 5.95. The summed E-state index contributed by atoms with van der Waals surface area (Å²) in [4.78, 5) is 19.7. The number of rotatable bonds is 6. The molecule has 4 heteroatoms. The van der Waals surface area contributed by atoms with E-state index in [-0.39, 0.29) is 11.8 Å². The van der Waals surface area contributed by atoms with Crippen LogP contribution in [-0.4, -0.2) is 26.9 Å². The van der Waals surface area contributed by atoms with Crippen LogP contribution in [0.5, 0.6) is 0 Å². The Kier molecular flexibility index (Phi) is 5.06. The zero-order valence-corrected chi connectivity index (χ0v) is 16.9. The summed E-state index contributed by atoms with van der Waals surface area (Å²) < 4.78 is 2.33. The number of benzene rings is 3. The van der Waals surface area contributed by atoms with E-state index < -0.39 is 0 Å². The molecule has 1 aliphatic heterocycles. The van der Waals surface area contributed by atoms with E-state index in [2.05, 4.69) is 59.2 Å². The van der Waals surface area contributed by atoms with Crippen LogP contribution in [0.25, 0.3) is 11.0 Å². The first kappa shape index (κ1) is 18.6. The first-order chi connectivity index (χ1) is 14.8. The molecule has 1 atom stereocenters. The number of aromatic nitrogens is 2. The second-order valence-electron chi connectivity index (χ2n) is 8.01. The van der Waals surface area contributed by atoms with Gasteiger partial charge in [-0.25, -0.2) is 4.98 Å². The molecule has 150 valence electrons. The molecule has 0 bridgehead atoms. The Bertz CT molecular complexity index is 1150. The summed E-state index contributed by atoms with van der Waals surface area (Å²) in [6, 6.07) is 29.1. The molecular formula is C26H25N3O. The molecule has 30 heavy (non-hydrogen) atoms. The van der Waals surface area contributed by atoms with E-state index in [9.17, 15) is 4.79 Å². The van der Waals surface area contributed by atoms with Crippen LogP contribution in [0, 0.1) is 0 Å². The molecule has 4 nitrogen and oxygen atoms in total. The maximum absolute atomic E-state index is 12.8. The van der Waals surface area contributed by atoms with E-state index in [0.29, 0.717) is 13.0 Å². The Hall–Kier alpha value is -3.40. The molecule has 1 fully saturated rings. The second kappa shape index (κ2) is 8.15. The summed E-state index contributed by atoms with van der Waals surface area (Å²) in [5.74, 6) is 1.38. The van der Waals surface area contributed by atoms with Crippen molar-refractivity contribution in [2.75, 3.05) is 6.54 Å². The molecule has 4 aromatic rings. The van der Waals surface area contributed by atoms with Crippen LogP contribution in [0.3, 0.4) is 0 Å². The lowest BCUT2D eigenvalue weighted by Gasteiger charge is -2.17. The molecule has 0 aliphatic carbocycles. The standard InChI is InChI=1S/C26H25N3O/c30-25-17-22(19-28(25)18-21-11-5-2-6-12-21)26-27-23-13-7-8-14-24(23)29(26)16-15-20-9-3-1-4-10-20/h1-14,22H,15-19H2/t22-/m1/s1. The number of aryl methyl sites for hydroxylation is 2. The summed E-state index contributed by atoms with van der Waals surface area (Å²) in [5, 5.41) is 0. The van der Waals surface area contributed by atoms with Crippen molar-refractivity contribution in [2.24, 2.45) is 0 Å². The van der Waals surface area contributed by atoms with Crippen LogP contribution in [0.2, 0.25) is 0 Å². The second-order valence-corrected chi connectivity index (χ2v) is 8.01. The summed E-state index contributed by atoms with van der Waals surface area (Å²) >= 11 is 0. The molecule has 0 unspecified atom stereocenters. The predicted molar refractivity (Wildman–Crippen MR) is 119 cm³/mol. The largest absolute Gasteiger partial charge is 0.338 e. The first-order valence-corrected chi connectivity index (χ1v) is 10.6. The van der Waals surface area contributed by atoms with Crippen molar-refractivity contribution in [1.82, 2.24) is 14.5 Å². The molecule has 0 radical (unpaired) electrons. The highest BCUT2D eigenvalue weighted by Gasteiger charge is 2.33. The third-order valence-electron chi connectivity index (χ3n) is 5.95. The lowest BCUT2D eigenvalue weighted by atomic mass is 10.1. The molecule has 3 aromatic carbocycles. The van der Waals surface area contributed by atoms with Gasteiger partial charge in [0, 0.05) is 32.0 Å². The molecule has 1 amide bonds. The summed E-state index contributed by atoms with van der Waals surface area (Å²) in [7, 11) is 0. The van der Waals surface area contributed by atoms with Gasteiger partial charge in [-0.05, 0) is 29.7 Å². The molecule has 2 heterocycles. The molecule has 1 saturated heterocycles. The number of carbonyl (C=O) groups is 1. The van der Waals surface area contributed by atoms with E-state index in [1.54, 1.807) is 0 Å². The van der Waals surface area contributed by atoms with Crippen LogP contribution in [0.15, 0.2) is 84.9 Å². The summed E-state index contributed by atoms with van der Waals surface area (Å²) in [5.41, 5.74) is 4.64. The highest BCUT2D eigenvalue weighted by molar-refractivity contribution is 5.81. The number of hydrogen-bond donors (Lipinski definition) is 0. The van der Waals surface area contributed by atoms with Crippen molar-refractivity contribution >= 4 is 16.9 Å². The highest BCUT2D eigenvalue weighted by Crippen LogP contribution is 2.31. The van der Waals surface area contributed by atoms with Crippen molar-refractivity contribution < 1.29 is 4.79 Å². The van der Waals surface area contributed by atoms with Crippen molar-refractivity contribution in [3.05, 3.63) is 102 Å². The fourth-order valence-corrected chi connectivity index (χ4v) is 4.43. The molecule has 0 N–H and O–H groups in total. The minimum Gasteiger partial charge on any atom is -0.338 e. The maximum Gasteiger partial charge on any atom is 0.223 e. The van der Waals surface area contributed by atoms with Gasteiger partial charge in [0.15, 0.2) is 0 Å². The van der Waals surface area contributed by atoms with Gasteiger partial charge < -0.3 is 9.47 Å².